The number of carbonyl (C=O) groups is 3. The summed E-state index contributed by atoms with van der Waals surface area (Å²) >= 11 is 0. The van der Waals surface area contributed by atoms with Crippen LogP contribution in [-0.2, 0) is 37.5 Å². The summed E-state index contributed by atoms with van der Waals surface area (Å²) in [4.78, 5) is 46.1. The topological polar surface area (TPSA) is 172 Å². The number of rotatable bonds is 46. The van der Waals surface area contributed by atoms with Gasteiger partial charge in [0.15, 0.2) is 6.10 Å². The zero-order valence-electron chi connectivity index (χ0n) is 38.3. The molecule has 0 rings (SSSR count). The molecule has 0 aliphatic heterocycles. The van der Waals surface area contributed by atoms with Crippen molar-refractivity contribution in [3.05, 3.63) is 24.3 Å². The van der Waals surface area contributed by atoms with Crippen molar-refractivity contribution < 1.29 is 47.5 Å². The Morgan fingerprint density at radius 2 is 0.833 bits per heavy atom. The van der Waals surface area contributed by atoms with Crippen LogP contribution in [0.4, 0.5) is 0 Å². The molecule has 0 amide bonds. The van der Waals surface area contributed by atoms with E-state index in [9.17, 15) is 23.8 Å². The Kier molecular flexibility index (Phi) is 42.1. The van der Waals surface area contributed by atoms with E-state index in [1.807, 2.05) is 0 Å². The number of hydrogen-bond acceptors (Lipinski definition) is 9. The third kappa shape index (κ3) is 42.6. The second kappa shape index (κ2) is 43.6. The van der Waals surface area contributed by atoms with Crippen molar-refractivity contribution in [2.45, 2.75) is 244 Å². The smallest absolute Gasteiger partial charge is 0.472 e. The minimum atomic E-state index is -4.72. The molecule has 0 aromatic rings. The van der Waals surface area contributed by atoms with Crippen molar-refractivity contribution in [3.63, 3.8) is 0 Å². The van der Waals surface area contributed by atoms with Gasteiger partial charge in [-0.15, -0.1) is 0 Å². The number of nitrogens with two attached hydrogens (primary N) is 1. The molecule has 0 radical (unpaired) electrons. The van der Waals surface area contributed by atoms with Gasteiger partial charge in [-0.25, -0.2) is 4.57 Å². The van der Waals surface area contributed by atoms with Gasteiger partial charge in [-0.2, -0.15) is 0 Å². The van der Waals surface area contributed by atoms with Crippen LogP contribution in [0.5, 0.6) is 0 Å². The van der Waals surface area contributed by atoms with Crippen LogP contribution < -0.4 is 5.73 Å². The van der Waals surface area contributed by atoms with Gasteiger partial charge < -0.3 is 25.2 Å². The third-order valence-corrected chi connectivity index (χ3v) is 11.6. The number of allylic oxidation sites excluding steroid dienone is 4. The van der Waals surface area contributed by atoms with Gasteiger partial charge in [0.1, 0.15) is 12.6 Å². The molecule has 0 spiro atoms. The fraction of sp³-hybridized carbons (Fsp3) is 0.854. The number of esters is 2. The molecule has 0 saturated heterocycles. The minimum absolute atomic E-state index is 0.160. The van der Waals surface area contributed by atoms with Crippen LogP contribution in [0.15, 0.2) is 24.3 Å². The van der Waals surface area contributed by atoms with Crippen molar-refractivity contribution >= 4 is 25.7 Å². The summed E-state index contributed by atoms with van der Waals surface area (Å²) in [7, 11) is -4.72. The summed E-state index contributed by atoms with van der Waals surface area (Å²) in [6, 6.07) is -1.52. The number of ether oxygens (including phenoxy) is 2. The lowest BCUT2D eigenvalue weighted by atomic mass is 10.0. The fourth-order valence-electron chi connectivity index (χ4n) is 6.82. The van der Waals surface area contributed by atoms with Crippen molar-refractivity contribution in [1.29, 1.82) is 0 Å². The molecule has 0 aliphatic carbocycles. The molecule has 11 nitrogen and oxygen atoms in total. The number of carboxylic acids is 1. The number of carbonyl (C=O) groups excluding carboxylic acids is 2. The third-order valence-electron chi connectivity index (χ3n) is 10.7. The van der Waals surface area contributed by atoms with Crippen molar-refractivity contribution in [2.75, 3.05) is 19.8 Å². The molecule has 12 heteroatoms. The van der Waals surface area contributed by atoms with E-state index in [-0.39, 0.29) is 19.4 Å². The summed E-state index contributed by atoms with van der Waals surface area (Å²) in [5.74, 6) is -2.39. The van der Waals surface area contributed by atoms with Gasteiger partial charge >= 0.3 is 25.7 Å². The van der Waals surface area contributed by atoms with E-state index >= 15 is 0 Å². The number of phosphoric ester groups is 1. The molecule has 0 aromatic heterocycles. The summed E-state index contributed by atoms with van der Waals surface area (Å²) in [6.07, 6.45) is 46.7. The average Bonchev–Trinajstić information content (AvgIpc) is 3.22. The second-order valence-corrected chi connectivity index (χ2v) is 18.0. The molecule has 0 saturated carbocycles. The number of unbranched alkanes of at least 4 members (excludes halogenated alkanes) is 28. The van der Waals surface area contributed by atoms with Gasteiger partial charge in [-0.1, -0.05) is 179 Å². The maximum Gasteiger partial charge on any atom is 0.472 e. The van der Waals surface area contributed by atoms with Crippen LogP contribution in [0.2, 0.25) is 0 Å². The van der Waals surface area contributed by atoms with Gasteiger partial charge in [-0.05, 0) is 64.2 Å². The molecule has 0 aromatic carbocycles. The molecule has 0 heterocycles. The van der Waals surface area contributed by atoms with E-state index in [1.54, 1.807) is 0 Å². The average molecular weight is 872 g/mol. The maximum absolute atomic E-state index is 12.7. The molecular weight excluding hydrogens is 781 g/mol. The summed E-state index contributed by atoms with van der Waals surface area (Å²) < 4.78 is 32.8. The first kappa shape index (κ1) is 58.0. The highest BCUT2D eigenvalue weighted by molar-refractivity contribution is 7.47. The van der Waals surface area contributed by atoms with Crippen LogP contribution in [0.3, 0.4) is 0 Å². The zero-order valence-corrected chi connectivity index (χ0v) is 39.2. The van der Waals surface area contributed by atoms with Crippen LogP contribution in [-0.4, -0.2) is 59.9 Å². The molecule has 3 atom stereocenters. The van der Waals surface area contributed by atoms with Crippen LogP contribution >= 0.6 is 7.82 Å². The van der Waals surface area contributed by atoms with Gasteiger partial charge in [-0.3, -0.25) is 23.4 Å². The molecule has 0 fully saturated rings. The maximum atomic E-state index is 12.7. The first-order valence-electron chi connectivity index (χ1n) is 24.4. The largest absolute Gasteiger partial charge is 0.480 e. The highest BCUT2D eigenvalue weighted by Crippen LogP contribution is 2.43. The van der Waals surface area contributed by atoms with Crippen molar-refractivity contribution in [2.24, 2.45) is 5.73 Å². The predicted molar refractivity (Wildman–Crippen MR) is 245 cm³/mol. The van der Waals surface area contributed by atoms with Gasteiger partial charge in [0.25, 0.3) is 0 Å². The van der Waals surface area contributed by atoms with Gasteiger partial charge in [0.2, 0.25) is 0 Å². The normalized spacial score (nSPS) is 13.8. The molecule has 4 N–H and O–H groups in total. The summed E-state index contributed by atoms with van der Waals surface area (Å²) in [6.45, 7) is 2.81. The second-order valence-electron chi connectivity index (χ2n) is 16.6. The molecule has 1 unspecified atom stereocenters. The van der Waals surface area contributed by atoms with E-state index in [0.717, 1.165) is 44.9 Å². The van der Waals surface area contributed by atoms with E-state index in [0.29, 0.717) is 12.8 Å². The monoisotopic (exact) mass is 872 g/mol. The van der Waals surface area contributed by atoms with E-state index in [2.05, 4.69) is 42.7 Å². The molecule has 60 heavy (non-hydrogen) atoms. The fourth-order valence-corrected chi connectivity index (χ4v) is 7.60. The Balaban J connectivity index is 4.27. The first-order chi connectivity index (χ1) is 29.1. The summed E-state index contributed by atoms with van der Waals surface area (Å²) in [5.41, 5.74) is 5.34. The Labute approximate surface area is 366 Å². The SMILES string of the molecule is CCCCCCCC/C=C/CCCCCCCCCCCCCC(=O)O[C@@H](COC(=O)CCCCC/C=C/CCCCCCCCCC)COP(=O)(O)OC[C@H](N)C(=O)O. The van der Waals surface area contributed by atoms with E-state index < -0.39 is 51.1 Å². The predicted octanol–water partition coefficient (Wildman–Crippen LogP) is 13.4. The van der Waals surface area contributed by atoms with E-state index in [1.165, 1.54) is 148 Å². The van der Waals surface area contributed by atoms with E-state index in [4.69, 9.17) is 24.8 Å². The lowest BCUT2D eigenvalue weighted by molar-refractivity contribution is -0.161. The van der Waals surface area contributed by atoms with Crippen molar-refractivity contribution in [3.8, 4) is 0 Å². The molecule has 352 valence electrons. The Bertz CT molecular complexity index is 1120. The van der Waals surface area contributed by atoms with Crippen LogP contribution in [0, 0.1) is 0 Å². The molecule has 0 bridgehead atoms. The standard InChI is InChI=1S/C48H90NO10P/c1-3-5-7-9-11-13-15-17-19-20-21-22-23-24-26-28-30-32-34-36-38-40-47(51)59-44(42-57-60(54,55)58-43-45(49)48(52)53)41-56-46(50)39-37-35-33-31-29-27-25-18-16-14-12-10-8-6-4-2/h17,19,27,29,44-45H,3-16,18,20-26,28,30-43,49H2,1-2H3,(H,52,53)(H,54,55)/b19-17+,29-27+/t44-,45-/m0/s1. The van der Waals surface area contributed by atoms with Gasteiger partial charge in [0.05, 0.1) is 13.2 Å². The number of hydrogen-bond donors (Lipinski definition) is 3. The van der Waals surface area contributed by atoms with Gasteiger partial charge in [0, 0.05) is 12.8 Å². The Morgan fingerprint density at radius 3 is 1.23 bits per heavy atom. The quantitative estimate of drug-likeness (QED) is 0.0230. The number of phosphoric acid groups is 1. The lowest BCUT2D eigenvalue weighted by Crippen LogP contribution is -2.34. The highest BCUT2D eigenvalue weighted by atomic mass is 31.2. The summed E-state index contributed by atoms with van der Waals surface area (Å²) in [5, 5.41) is 8.91. The zero-order chi connectivity index (χ0) is 44.2. The number of carboxylic acid groups (broad SMARTS) is 1. The van der Waals surface area contributed by atoms with Crippen LogP contribution in [0.25, 0.3) is 0 Å². The molecule has 0 aliphatic rings. The van der Waals surface area contributed by atoms with Crippen LogP contribution in [0.1, 0.15) is 232 Å². The van der Waals surface area contributed by atoms with Crippen molar-refractivity contribution in [1.82, 2.24) is 0 Å². The lowest BCUT2D eigenvalue weighted by Gasteiger charge is -2.20. The molecular formula is C48H90NO10P. The first-order valence-corrected chi connectivity index (χ1v) is 25.9. The Hall–Kier alpha value is -2.04. The Morgan fingerprint density at radius 1 is 0.500 bits per heavy atom. The minimum Gasteiger partial charge on any atom is -0.480 e. The number of aliphatic carboxylic acids is 1. The highest BCUT2D eigenvalue weighted by Gasteiger charge is 2.28.